The lowest BCUT2D eigenvalue weighted by Crippen LogP contribution is -2.17. The van der Waals surface area contributed by atoms with E-state index in [1.54, 1.807) is 0 Å². The van der Waals surface area contributed by atoms with E-state index < -0.39 is 33.0 Å². The van der Waals surface area contributed by atoms with Crippen LogP contribution in [0.5, 0.6) is 0 Å². The fourth-order valence-electron chi connectivity index (χ4n) is 2.31. The van der Waals surface area contributed by atoms with E-state index in [0.29, 0.717) is 16.7 Å². The minimum Gasteiger partial charge on any atom is -0.364 e. The van der Waals surface area contributed by atoms with Gasteiger partial charge in [-0.2, -0.15) is 13.2 Å². The van der Waals surface area contributed by atoms with E-state index in [1.165, 1.54) is 6.26 Å². The Morgan fingerprint density at radius 1 is 1.28 bits per heavy atom. The van der Waals surface area contributed by atoms with Crippen molar-refractivity contribution in [3.05, 3.63) is 40.1 Å². The summed E-state index contributed by atoms with van der Waals surface area (Å²) in [5, 5.41) is 13.2. The number of benzene rings is 1. The summed E-state index contributed by atoms with van der Waals surface area (Å²) < 4.78 is 81.0. The number of hydrogen-bond acceptors (Lipinski definition) is 9. The summed E-state index contributed by atoms with van der Waals surface area (Å²) in [4.78, 5) is 12.0. The maximum Gasteiger partial charge on any atom is 0.446 e. The Kier molecular flexibility index (Phi) is 5.16. The topological polar surface area (TPSA) is 140 Å². The van der Waals surface area contributed by atoms with Crippen LogP contribution < -0.4 is 11.1 Å². The van der Waals surface area contributed by atoms with Crippen LogP contribution in [0.15, 0.2) is 32.1 Å². The molecule has 2 N–H and O–H groups in total. The molecule has 1 aromatic carbocycles. The Labute approximate surface area is 159 Å². The fraction of sp³-hybridized carbons (Fsp3) is 0.286. The van der Waals surface area contributed by atoms with E-state index in [0.717, 1.165) is 6.07 Å². The molecular formula is C14H12F4N6O4S. The summed E-state index contributed by atoms with van der Waals surface area (Å²) in [5.41, 5.74) is -2.16. The molecule has 0 fully saturated rings. The van der Waals surface area contributed by atoms with Gasteiger partial charge in [-0.15, -0.1) is 0 Å². The summed E-state index contributed by atoms with van der Waals surface area (Å²) in [6.07, 6.45) is -3.76. The lowest BCUT2D eigenvalue weighted by molar-refractivity contribution is -0.140. The van der Waals surface area contributed by atoms with Gasteiger partial charge < -0.3 is 5.32 Å². The van der Waals surface area contributed by atoms with Crippen LogP contribution in [0.1, 0.15) is 5.56 Å². The highest BCUT2D eigenvalue weighted by Gasteiger charge is 2.35. The second-order valence-electron chi connectivity index (χ2n) is 5.87. The molecule has 10 nitrogen and oxygen atoms in total. The van der Waals surface area contributed by atoms with Crippen molar-refractivity contribution in [2.45, 2.75) is 6.18 Å². The largest absolute Gasteiger partial charge is 0.446 e. The average Bonchev–Trinajstić information content (AvgIpc) is 3.19. The van der Waals surface area contributed by atoms with Crippen molar-refractivity contribution in [1.82, 2.24) is 20.0 Å². The third-order valence-electron chi connectivity index (χ3n) is 3.60. The van der Waals surface area contributed by atoms with Gasteiger partial charge in [0.05, 0.1) is 11.3 Å². The van der Waals surface area contributed by atoms with Crippen molar-refractivity contribution in [1.29, 1.82) is 4.78 Å². The Morgan fingerprint density at radius 3 is 2.66 bits per heavy atom. The highest BCUT2D eigenvalue weighted by molar-refractivity contribution is 7.91. The first-order valence-electron chi connectivity index (χ1n) is 7.71. The molecule has 2 heterocycles. The molecular weight excluding hydrogens is 424 g/mol. The number of halogens is 4. The van der Waals surface area contributed by atoms with E-state index in [4.69, 9.17) is 4.78 Å². The van der Waals surface area contributed by atoms with Gasteiger partial charge in [0.2, 0.25) is 11.6 Å². The number of nitrogens with zero attached hydrogens (tertiary/aromatic N) is 4. The van der Waals surface area contributed by atoms with Crippen molar-refractivity contribution in [2.75, 3.05) is 23.9 Å². The van der Waals surface area contributed by atoms with E-state index >= 15 is 0 Å². The van der Waals surface area contributed by atoms with Gasteiger partial charge in [0.15, 0.2) is 5.69 Å². The molecule has 29 heavy (non-hydrogen) atoms. The summed E-state index contributed by atoms with van der Waals surface area (Å²) in [5.74, 6) is -3.15. The number of rotatable bonds is 6. The molecule has 1 unspecified atom stereocenters. The average molecular weight is 436 g/mol. The lowest BCUT2D eigenvalue weighted by atomic mass is 10.1. The number of anilines is 1. The Hall–Kier alpha value is -3.23. The molecule has 0 amide bonds. The quantitative estimate of drug-likeness (QED) is 0.560. The van der Waals surface area contributed by atoms with Crippen LogP contribution >= 0.6 is 0 Å². The highest BCUT2D eigenvalue weighted by atomic mass is 32.2. The SMILES string of the molecule is CS(=N)(=O)CCNc1nonc1-c1noc(=O)n1-c1ccc(F)c(C(F)(F)F)c1. The number of aromatic nitrogens is 4. The molecule has 0 aliphatic carbocycles. The first-order chi connectivity index (χ1) is 13.5. The van der Waals surface area contributed by atoms with Crippen LogP contribution in [-0.2, 0) is 15.9 Å². The molecule has 2 aromatic heterocycles. The van der Waals surface area contributed by atoms with Crippen LogP contribution in [0, 0.1) is 10.6 Å². The van der Waals surface area contributed by atoms with Gasteiger partial charge in [0.25, 0.3) is 0 Å². The third-order valence-corrected chi connectivity index (χ3v) is 4.59. The molecule has 0 saturated carbocycles. The minimum absolute atomic E-state index is 0.0247. The van der Waals surface area contributed by atoms with Gasteiger partial charge in [-0.25, -0.2) is 18.4 Å². The summed E-state index contributed by atoms with van der Waals surface area (Å²) in [6, 6.07) is 1.90. The van der Waals surface area contributed by atoms with Crippen LogP contribution in [0.3, 0.4) is 0 Å². The van der Waals surface area contributed by atoms with Crippen molar-refractivity contribution in [2.24, 2.45) is 0 Å². The lowest BCUT2D eigenvalue weighted by Gasteiger charge is -2.10. The fourth-order valence-corrected chi connectivity index (χ4v) is 2.80. The second kappa shape index (κ2) is 7.31. The van der Waals surface area contributed by atoms with E-state index in [1.807, 2.05) is 0 Å². The molecule has 15 heteroatoms. The zero-order chi connectivity index (χ0) is 21.4. The van der Waals surface area contributed by atoms with Crippen molar-refractivity contribution >= 4 is 15.5 Å². The molecule has 0 radical (unpaired) electrons. The van der Waals surface area contributed by atoms with Gasteiger partial charge in [-0.1, -0.05) is 5.16 Å². The van der Waals surface area contributed by atoms with E-state index in [2.05, 4.69) is 29.9 Å². The van der Waals surface area contributed by atoms with Gasteiger partial charge in [0.1, 0.15) is 5.82 Å². The molecule has 0 bridgehead atoms. The zero-order valence-corrected chi connectivity index (χ0v) is 15.3. The summed E-state index contributed by atoms with van der Waals surface area (Å²) in [7, 11) is -2.80. The maximum absolute atomic E-state index is 13.5. The van der Waals surface area contributed by atoms with Crippen LogP contribution in [0.4, 0.5) is 23.4 Å². The zero-order valence-electron chi connectivity index (χ0n) is 14.5. The number of nitrogens with one attached hydrogen (secondary N) is 2. The Morgan fingerprint density at radius 2 is 2.00 bits per heavy atom. The predicted octanol–water partition coefficient (Wildman–Crippen LogP) is 2.12. The number of alkyl halides is 3. The summed E-state index contributed by atoms with van der Waals surface area (Å²) in [6.45, 7) is 0.0247. The molecule has 3 rings (SSSR count). The van der Waals surface area contributed by atoms with Gasteiger partial charge >= 0.3 is 11.9 Å². The second-order valence-corrected chi connectivity index (χ2v) is 8.28. The standard InChI is InChI=1S/C14H12F4N6O4S/c1-29(19,26)5-4-20-11-10(21-28-22-11)12-23-27-13(25)24(12)7-2-3-9(15)8(6-7)14(16,17)18/h2-3,6,19H,4-5H2,1H3,(H,20,22). The molecule has 0 aliphatic heterocycles. The van der Waals surface area contributed by atoms with Crippen LogP contribution in [-0.4, -0.2) is 42.8 Å². The molecule has 0 aliphatic rings. The van der Waals surface area contributed by atoms with Crippen LogP contribution in [0.25, 0.3) is 17.2 Å². The van der Waals surface area contributed by atoms with Gasteiger partial charge in [0, 0.05) is 28.3 Å². The minimum atomic E-state index is -4.99. The highest BCUT2D eigenvalue weighted by Crippen LogP contribution is 2.33. The monoisotopic (exact) mass is 436 g/mol. The summed E-state index contributed by atoms with van der Waals surface area (Å²) >= 11 is 0. The normalized spacial score (nSPS) is 14.0. The molecule has 156 valence electrons. The van der Waals surface area contributed by atoms with Crippen LogP contribution in [0.2, 0.25) is 0 Å². The van der Waals surface area contributed by atoms with Gasteiger partial charge in [-0.05, 0) is 28.5 Å². The molecule has 0 spiro atoms. The van der Waals surface area contributed by atoms with Gasteiger partial charge in [-0.3, -0.25) is 13.5 Å². The first kappa shape index (κ1) is 20.5. The smallest absolute Gasteiger partial charge is 0.364 e. The van der Waals surface area contributed by atoms with Crippen molar-refractivity contribution in [3.8, 4) is 17.2 Å². The molecule has 3 aromatic rings. The van der Waals surface area contributed by atoms with Crippen molar-refractivity contribution in [3.63, 3.8) is 0 Å². The predicted molar refractivity (Wildman–Crippen MR) is 90.5 cm³/mol. The Bertz CT molecular complexity index is 1200. The third kappa shape index (κ3) is 4.44. The molecule has 1 atom stereocenters. The number of hydrogen-bond donors (Lipinski definition) is 2. The molecule has 0 saturated heterocycles. The van der Waals surface area contributed by atoms with E-state index in [-0.39, 0.29) is 35.3 Å². The van der Waals surface area contributed by atoms with Crippen molar-refractivity contribution < 1.29 is 30.9 Å². The maximum atomic E-state index is 13.5. The van der Waals surface area contributed by atoms with E-state index in [9.17, 15) is 26.6 Å². The first-order valence-corrected chi connectivity index (χ1v) is 9.85. The Balaban J connectivity index is 2.03.